The average molecular weight is 706 g/mol. The first-order chi connectivity index (χ1) is 20.5. The quantitative estimate of drug-likeness (QED) is 0.262. The standard InChI is InChI=1S/C15H27N.C14H16N3OS.C2H4.CH5N.CH4O.CH2O.Y/c1-12(16-10-6-7-11-16)13(14(2,3)4)15(5)8-9-15;1-9-14(19-8-17-9)11-3-4-12(7-16-10(2)18)13(5-11)6-15;4*1-2;/h13H,1,6-11H2,2-5H3;3-5,8,15H,6-7H2,1-2H3,(H,16,18);1-2H2;2H2,1H3;2H,1H3;1H2;/q;-1;;;;;. The largest absolute Gasteiger partial charge is 0.674 e. The van der Waals surface area contributed by atoms with Crippen molar-refractivity contribution in [3.05, 3.63) is 71.7 Å². The summed E-state index contributed by atoms with van der Waals surface area (Å²) in [4.78, 5) is 26.9. The van der Waals surface area contributed by atoms with Crippen molar-refractivity contribution in [1.29, 1.82) is 0 Å². The van der Waals surface area contributed by atoms with Gasteiger partial charge < -0.3 is 31.6 Å². The number of hydrogen-bond donors (Lipinski definition) is 3. The second-order valence-electron chi connectivity index (χ2n) is 11.5. The van der Waals surface area contributed by atoms with Crippen LogP contribution in [0.2, 0.25) is 0 Å². The van der Waals surface area contributed by atoms with Gasteiger partial charge in [0.1, 0.15) is 6.79 Å². The van der Waals surface area contributed by atoms with Crippen LogP contribution in [0.3, 0.4) is 0 Å². The number of aromatic nitrogens is 1. The smallest absolute Gasteiger partial charge is 0.217 e. The molecule has 1 amide bonds. The van der Waals surface area contributed by atoms with E-state index in [9.17, 15) is 4.79 Å². The number of rotatable bonds is 7. The van der Waals surface area contributed by atoms with Gasteiger partial charge in [0, 0.05) is 78.0 Å². The number of carbonyl (C=O) groups is 2. The number of aliphatic hydroxyl groups is 1. The minimum absolute atomic E-state index is 0. The van der Waals surface area contributed by atoms with E-state index < -0.39 is 0 Å². The van der Waals surface area contributed by atoms with Crippen molar-refractivity contribution in [2.24, 2.45) is 22.5 Å². The minimum Gasteiger partial charge on any atom is -0.674 e. The number of aryl methyl sites for hydroxylation is 1. The molecule has 2 heterocycles. The Morgan fingerprint density at radius 3 is 2.07 bits per heavy atom. The topological polar surface area (TPSA) is 132 Å². The number of nitrogens with zero attached hydrogens (tertiary/aromatic N) is 2. The number of allylic oxidation sites excluding steroid dienone is 1. The van der Waals surface area contributed by atoms with E-state index in [1.54, 1.807) is 11.3 Å². The normalized spacial score (nSPS) is 14.3. The molecule has 247 valence electrons. The monoisotopic (exact) mass is 705 g/mol. The number of aliphatic hydroxyl groups excluding tert-OH is 1. The fourth-order valence-electron chi connectivity index (χ4n) is 5.52. The van der Waals surface area contributed by atoms with E-state index in [2.05, 4.69) is 68.4 Å². The molecule has 0 bridgehead atoms. The summed E-state index contributed by atoms with van der Waals surface area (Å²) in [7, 11) is 2.50. The van der Waals surface area contributed by atoms with Gasteiger partial charge in [0.25, 0.3) is 0 Å². The van der Waals surface area contributed by atoms with Crippen LogP contribution in [0.1, 0.15) is 77.1 Å². The molecule has 1 aromatic heterocycles. The number of amides is 1. The zero-order chi connectivity index (χ0) is 33.8. The van der Waals surface area contributed by atoms with E-state index in [-0.39, 0.29) is 45.2 Å². The van der Waals surface area contributed by atoms with E-state index in [0.717, 1.165) is 34.4 Å². The van der Waals surface area contributed by atoms with Gasteiger partial charge in [-0.1, -0.05) is 58.0 Å². The third kappa shape index (κ3) is 15.0. The maximum absolute atomic E-state index is 11.0. The molecule has 1 unspecified atom stereocenters. The van der Waals surface area contributed by atoms with Crippen molar-refractivity contribution in [3.8, 4) is 10.4 Å². The number of carbonyl (C=O) groups excluding carboxylic acids is 2. The second-order valence-corrected chi connectivity index (χ2v) is 12.3. The number of nitrogens with two attached hydrogens (primary N) is 1. The summed E-state index contributed by atoms with van der Waals surface area (Å²) in [6.07, 6.45) is 5.49. The van der Waals surface area contributed by atoms with Crippen LogP contribution in [0.15, 0.2) is 49.1 Å². The van der Waals surface area contributed by atoms with Crippen molar-refractivity contribution in [2.45, 2.75) is 80.3 Å². The van der Waals surface area contributed by atoms with Gasteiger partial charge in [-0.15, -0.1) is 31.0 Å². The van der Waals surface area contributed by atoms with Gasteiger partial charge in [-0.25, -0.2) is 4.98 Å². The summed E-state index contributed by atoms with van der Waals surface area (Å²) in [6.45, 7) is 28.7. The van der Waals surface area contributed by atoms with Crippen LogP contribution in [-0.2, 0) is 55.4 Å². The summed E-state index contributed by atoms with van der Waals surface area (Å²) < 4.78 is 0. The molecule has 10 heteroatoms. The molecule has 1 radical (unpaired) electrons. The van der Waals surface area contributed by atoms with Gasteiger partial charge in [-0.3, -0.25) is 4.79 Å². The first-order valence-electron chi connectivity index (χ1n) is 14.6. The zero-order valence-electron chi connectivity index (χ0n) is 28.6. The molecule has 1 aliphatic carbocycles. The maximum Gasteiger partial charge on any atom is 0.217 e. The Kier molecular flexibility index (Phi) is 26.0. The van der Waals surface area contributed by atoms with Gasteiger partial charge in [0.05, 0.1) is 16.1 Å². The van der Waals surface area contributed by atoms with Crippen LogP contribution in [-0.4, -0.2) is 54.9 Å². The van der Waals surface area contributed by atoms with Crippen LogP contribution in [0.5, 0.6) is 0 Å². The Balaban J connectivity index is -0.000000616. The summed E-state index contributed by atoms with van der Waals surface area (Å²) in [6, 6.07) is 6.02. The molecule has 8 nitrogen and oxygen atoms in total. The fraction of sp³-hybridized carbons (Fsp3) is 0.559. The van der Waals surface area contributed by atoms with Crippen molar-refractivity contribution in [2.75, 3.05) is 27.2 Å². The molecule has 1 aliphatic heterocycles. The number of hydrogen-bond acceptors (Lipinski definition) is 7. The Morgan fingerprint density at radius 1 is 1.16 bits per heavy atom. The maximum atomic E-state index is 11.0. The molecule has 1 saturated heterocycles. The van der Waals surface area contributed by atoms with Crippen LogP contribution in [0, 0.1) is 23.7 Å². The summed E-state index contributed by atoms with van der Waals surface area (Å²) >= 11 is 1.60. The first-order valence-corrected chi connectivity index (χ1v) is 15.5. The van der Waals surface area contributed by atoms with Crippen molar-refractivity contribution in [3.63, 3.8) is 0 Å². The Bertz CT molecular complexity index is 1070. The molecule has 1 atom stereocenters. The summed E-state index contributed by atoms with van der Waals surface area (Å²) in [5.74, 6) is 0.608. The van der Waals surface area contributed by atoms with Gasteiger partial charge in [-0.05, 0) is 61.6 Å². The van der Waals surface area contributed by atoms with E-state index in [0.29, 0.717) is 23.3 Å². The third-order valence-corrected chi connectivity index (χ3v) is 8.36. The van der Waals surface area contributed by atoms with Gasteiger partial charge in [-0.2, -0.15) is 0 Å². The Morgan fingerprint density at radius 2 is 1.68 bits per heavy atom. The molecule has 44 heavy (non-hydrogen) atoms. The predicted octanol–water partition coefficient (Wildman–Crippen LogP) is 7.16. The SMILES string of the molecule is C=C.C=C(C(C(C)(C)C)C1(C)CC1)N1CCCC1.C=O.CC(=O)NCc1ccc(-c2scnc2C)cc1C[NH-].CN.CO.[Y]. The Labute approximate surface area is 297 Å². The molecule has 0 spiro atoms. The average Bonchev–Trinajstić information content (AvgIpc) is 3.37. The van der Waals surface area contributed by atoms with Gasteiger partial charge >= 0.3 is 0 Å². The molecule has 5 N–H and O–H groups in total. The van der Waals surface area contributed by atoms with Crippen molar-refractivity contribution >= 4 is 24.0 Å². The van der Waals surface area contributed by atoms with Crippen molar-refractivity contribution < 1.29 is 47.4 Å². The molecule has 2 aromatic rings. The number of likely N-dealkylation sites (tertiary alicyclic amines) is 1. The molecule has 2 aliphatic rings. The molecule has 1 saturated carbocycles. The van der Waals surface area contributed by atoms with Gasteiger partial charge in [0.2, 0.25) is 5.91 Å². The third-order valence-electron chi connectivity index (χ3n) is 7.38. The zero-order valence-corrected chi connectivity index (χ0v) is 32.2. The van der Waals surface area contributed by atoms with Gasteiger partial charge in [0.15, 0.2) is 0 Å². The minimum atomic E-state index is -0.0571. The number of benzene rings is 1. The molecular weight excluding hydrogens is 647 g/mol. The molecule has 1 aromatic carbocycles. The van der Waals surface area contributed by atoms with E-state index in [1.807, 2.05) is 37.4 Å². The number of nitrogens with one attached hydrogen (secondary N) is 2. The first kappa shape index (κ1) is 46.7. The van der Waals surface area contributed by atoms with E-state index in [4.69, 9.17) is 15.6 Å². The molecule has 4 rings (SSSR count). The van der Waals surface area contributed by atoms with Crippen LogP contribution < -0.4 is 11.1 Å². The van der Waals surface area contributed by atoms with Crippen LogP contribution in [0.25, 0.3) is 16.2 Å². The van der Waals surface area contributed by atoms with Crippen LogP contribution >= 0.6 is 11.3 Å². The summed E-state index contributed by atoms with van der Waals surface area (Å²) in [5.41, 5.74) is 20.3. The summed E-state index contributed by atoms with van der Waals surface area (Å²) in [5, 5.41) is 9.77. The van der Waals surface area contributed by atoms with Crippen molar-refractivity contribution in [1.82, 2.24) is 15.2 Å². The fourth-order valence-corrected chi connectivity index (χ4v) is 6.33. The number of thiazole rings is 1. The second kappa shape index (κ2) is 24.5. The van der Waals surface area contributed by atoms with Crippen LogP contribution in [0.4, 0.5) is 0 Å². The molecular formula is C34H58N5O3SY-. The predicted molar refractivity (Wildman–Crippen MR) is 185 cm³/mol. The Hall–Kier alpha value is -1.75. The van der Waals surface area contributed by atoms with E-state index in [1.165, 1.54) is 58.4 Å². The van der Waals surface area contributed by atoms with E-state index >= 15 is 0 Å². The molecule has 2 fully saturated rings.